The molecule has 1 aliphatic rings. The number of anilines is 2. The van der Waals surface area contributed by atoms with Crippen molar-refractivity contribution in [2.45, 2.75) is 52.4 Å². The molecule has 2 heterocycles. The number of urea groups is 1. The maximum Gasteiger partial charge on any atom is 0.324 e. The first-order valence-corrected chi connectivity index (χ1v) is 15.8. The smallest absolute Gasteiger partial charge is 0.324 e. The van der Waals surface area contributed by atoms with Crippen molar-refractivity contribution in [3.8, 4) is 17.2 Å². The van der Waals surface area contributed by atoms with Crippen LogP contribution in [0.1, 0.15) is 60.8 Å². The van der Waals surface area contributed by atoms with Crippen molar-refractivity contribution in [1.29, 1.82) is 0 Å². The van der Waals surface area contributed by atoms with Crippen LogP contribution in [0.25, 0.3) is 5.69 Å². The summed E-state index contributed by atoms with van der Waals surface area (Å²) in [5, 5.41) is 11.0. The van der Waals surface area contributed by atoms with Crippen molar-refractivity contribution in [3.05, 3.63) is 95.2 Å². The number of carbonyl (C=O) groups excluding carboxylic acids is 2. The highest BCUT2D eigenvalue weighted by Crippen LogP contribution is 2.29. The van der Waals surface area contributed by atoms with Gasteiger partial charge in [0, 0.05) is 23.2 Å². The first kappa shape index (κ1) is 32.8. The molecule has 2 N–H and O–H groups in total. The summed E-state index contributed by atoms with van der Waals surface area (Å²) in [7, 11) is 3.16. The molecule has 0 bridgehead atoms. The van der Waals surface area contributed by atoms with Gasteiger partial charge in [0.05, 0.1) is 37.7 Å². The minimum Gasteiger partial charge on any atom is -0.497 e. The number of piperidine rings is 1. The Morgan fingerprint density at radius 2 is 1.63 bits per heavy atom. The number of hydrogen-bond acceptors (Lipinski definition) is 6. The summed E-state index contributed by atoms with van der Waals surface area (Å²) in [5.41, 5.74) is 5.21. The van der Waals surface area contributed by atoms with Gasteiger partial charge in [0.2, 0.25) is 0 Å². The molecule has 3 aromatic carbocycles. The molecule has 0 atom stereocenters. The number of aromatic nitrogens is 2. The maximum absolute atomic E-state index is 13.3. The van der Waals surface area contributed by atoms with E-state index < -0.39 is 0 Å². The van der Waals surface area contributed by atoms with E-state index in [1.54, 1.807) is 37.1 Å². The molecular formula is C37H45N5O4. The number of aryl methyl sites for hydroxylation is 1. The fourth-order valence-corrected chi connectivity index (χ4v) is 5.79. The standard InChI is InChI=1S/C37H45N5O4/c1-25-11-13-28(14-12-25)42-35(23-34(40-42)37(2,3)4)39-36(44)38-31-10-8-7-9-27(31)21-26-17-19-41(20-18-26)24-32(43)30-16-15-29(45-5)22-33(30)46-6/h7-16,22-23,26H,17-21,24H2,1-6H3,(H2,38,39,44). The third-order valence-corrected chi connectivity index (χ3v) is 8.56. The molecule has 0 radical (unpaired) electrons. The lowest BCUT2D eigenvalue weighted by Gasteiger charge is -2.32. The average molecular weight is 624 g/mol. The van der Waals surface area contributed by atoms with Crippen LogP contribution in [0, 0.1) is 12.8 Å². The van der Waals surface area contributed by atoms with E-state index in [1.165, 1.54) is 0 Å². The van der Waals surface area contributed by atoms with E-state index in [4.69, 9.17) is 14.6 Å². The molecule has 9 heteroatoms. The van der Waals surface area contributed by atoms with Gasteiger partial charge >= 0.3 is 6.03 Å². The quantitative estimate of drug-likeness (QED) is 0.180. The van der Waals surface area contributed by atoms with Crippen molar-refractivity contribution in [1.82, 2.24) is 14.7 Å². The maximum atomic E-state index is 13.3. The number of ketones is 1. The first-order valence-electron chi connectivity index (χ1n) is 15.8. The van der Waals surface area contributed by atoms with E-state index >= 15 is 0 Å². The number of para-hydroxylation sites is 1. The zero-order valence-corrected chi connectivity index (χ0v) is 27.7. The van der Waals surface area contributed by atoms with Crippen LogP contribution in [0.3, 0.4) is 0 Å². The number of methoxy groups -OCH3 is 2. The zero-order valence-electron chi connectivity index (χ0n) is 27.7. The van der Waals surface area contributed by atoms with Crippen LogP contribution < -0.4 is 20.1 Å². The Hall–Kier alpha value is -4.63. The number of rotatable bonds is 10. The van der Waals surface area contributed by atoms with E-state index in [1.807, 2.05) is 55.5 Å². The lowest BCUT2D eigenvalue weighted by molar-refractivity contribution is 0.0892. The summed E-state index contributed by atoms with van der Waals surface area (Å²) in [6.45, 7) is 10.4. The highest BCUT2D eigenvalue weighted by molar-refractivity contribution is 6.00. The predicted octanol–water partition coefficient (Wildman–Crippen LogP) is 7.28. The van der Waals surface area contributed by atoms with Gasteiger partial charge < -0.3 is 14.8 Å². The molecule has 0 unspecified atom stereocenters. The van der Waals surface area contributed by atoms with E-state index in [2.05, 4.69) is 42.4 Å². The summed E-state index contributed by atoms with van der Waals surface area (Å²) in [6.07, 6.45) is 2.79. The molecule has 0 aliphatic carbocycles. The molecule has 1 fully saturated rings. The Kier molecular flexibility index (Phi) is 10.1. The van der Waals surface area contributed by atoms with Crippen LogP contribution in [-0.4, -0.2) is 60.3 Å². The van der Waals surface area contributed by atoms with Gasteiger partial charge in [-0.25, -0.2) is 9.48 Å². The molecule has 5 rings (SSSR count). The Labute approximate surface area is 271 Å². The number of Topliss-reactive ketones (excluding diaryl/α,β-unsaturated/α-hetero) is 1. The summed E-state index contributed by atoms with van der Waals surface area (Å²) in [4.78, 5) is 28.7. The summed E-state index contributed by atoms with van der Waals surface area (Å²) >= 11 is 0. The van der Waals surface area contributed by atoms with E-state index in [9.17, 15) is 9.59 Å². The Morgan fingerprint density at radius 1 is 0.913 bits per heavy atom. The van der Waals surface area contributed by atoms with Gasteiger partial charge in [-0.3, -0.25) is 15.0 Å². The van der Waals surface area contributed by atoms with Crippen molar-refractivity contribution in [2.24, 2.45) is 5.92 Å². The lowest BCUT2D eigenvalue weighted by atomic mass is 9.89. The minimum absolute atomic E-state index is 0.0388. The Bertz CT molecular complexity index is 1660. The molecule has 242 valence electrons. The van der Waals surface area contributed by atoms with Crippen molar-refractivity contribution in [3.63, 3.8) is 0 Å². The second kappa shape index (κ2) is 14.2. The number of likely N-dealkylation sites (tertiary alicyclic amines) is 1. The third kappa shape index (κ3) is 7.95. The lowest BCUT2D eigenvalue weighted by Crippen LogP contribution is -2.38. The van der Waals surface area contributed by atoms with Crippen molar-refractivity contribution >= 4 is 23.3 Å². The highest BCUT2D eigenvalue weighted by Gasteiger charge is 2.25. The summed E-state index contributed by atoms with van der Waals surface area (Å²) in [5.74, 6) is 2.28. The van der Waals surface area contributed by atoms with Gasteiger partial charge in [-0.1, -0.05) is 56.7 Å². The number of carbonyl (C=O) groups is 2. The molecule has 46 heavy (non-hydrogen) atoms. The van der Waals surface area contributed by atoms with E-state index in [0.29, 0.717) is 35.3 Å². The van der Waals surface area contributed by atoms with Gasteiger partial charge in [-0.15, -0.1) is 0 Å². The topological polar surface area (TPSA) is 97.7 Å². The number of nitrogens with zero attached hydrogens (tertiary/aromatic N) is 3. The van der Waals surface area contributed by atoms with Crippen LogP contribution in [0.4, 0.5) is 16.3 Å². The number of hydrogen-bond donors (Lipinski definition) is 2. The highest BCUT2D eigenvalue weighted by atomic mass is 16.5. The van der Waals surface area contributed by atoms with Gasteiger partial charge in [-0.05, 0) is 81.1 Å². The zero-order chi connectivity index (χ0) is 32.8. The minimum atomic E-state index is -0.316. The summed E-state index contributed by atoms with van der Waals surface area (Å²) in [6, 6.07) is 23.0. The van der Waals surface area contributed by atoms with Crippen LogP contribution in [0.15, 0.2) is 72.8 Å². The van der Waals surface area contributed by atoms with Crippen molar-refractivity contribution < 1.29 is 19.1 Å². The molecule has 1 saturated heterocycles. The van der Waals surface area contributed by atoms with Crippen LogP contribution in [-0.2, 0) is 11.8 Å². The third-order valence-electron chi connectivity index (χ3n) is 8.56. The molecule has 0 saturated carbocycles. The van der Waals surface area contributed by atoms with Crippen molar-refractivity contribution in [2.75, 3.05) is 44.5 Å². The molecule has 0 spiro atoms. The van der Waals surface area contributed by atoms with Crippen LogP contribution >= 0.6 is 0 Å². The normalized spacial score (nSPS) is 14.1. The van der Waals surface area contributed by atoms with Gasteiger partial charge in [0.15, 0.2) is 5.78 Å². The fourth-order valence-electron chi connectivity index (χ4n) is 5.79. The number of amides is 2. The molecule has 9 nitrogen and oxygen atoms in total. The largest absolute Gasteiger partial charge is 0.497 e. The van der Waals surface area contributed by atoms with Crippen LogP contribution in [0.2, 0.25) is 0 Å². The monoisotopic (exact) mass is 623 g/mol. The molecular weight excluding hydrogens is 578 g/mol. The Balaban J connectivity index is 1.20. The number of benzene rings is 3. The van der Waals surface area contributed by atoms with E-state index in [0.717, 1.165) is 60.5 Å². The van der Waals surface area contributed by atoms with Gasteiger partial charge in [-0.2, -0.15) is 5.10 Å². The molecule has 2 amide bonds. The fraction of sp³-hybridized carbons (Fsp3) is 0.378. The predicted molar refractivity (Wildman–Crippen MR) is 183 cm³/mol. The van der Waals surface area contributed by atoms with E-state index in [-0.39, 0.29) is 17.2 Å². The SMILES string of the molecule is COc1ccc(C(=O)CN2CCC(Cc3ccccc3NC(=O)Nc3cc(C(C)(C)C)nn3-c3ccc(C)cc3)CC2)c(OC)c1. The van der Waals surface area contributed by atoms with Gasteiger partial charge in [0.1, 0.15) is 17.3 Å². The summed E-state index contributed by atoms with van der Waals surface area (Å²) < 4.78 is 12.5. The molecule has 1 aliphatic heterocycles. The molecule has 4 aromatic rings. The number of ether oxygens (including phenoxy) is 2. The average Bonchev–Trinajstić information content (AvgIpc) is 3.47. The Morgan fingerprint density at radius 3 is 2.30 bits per heavy atom. The molecule has 1 aromatic heterocycles. The second-order valence-corrected chi connectivity index (χ2v) is 13.1. The van der Waals surface area contributed by atoms with Gasteiger partial charge in [0.25, 0.3) is 0 Å². The second-order valence-electron chi connectivity index (χ2n) is 13.1. The number of nitrogens with one attached hydrogen (secondary N) is 2. The first-order chi connectivity index (χ1) is 22.0. The van der Waals surface area contributed by atoms with Crippen LogP contribution in [0.5, 0.6) is 11.5 Å².